The van der Waals surface area contributed by atoms with E-state index in [0.29, 0.717) is 23.3 Å². The largest absolute Gasteiger partial charge is 0.369 e. The van der Waals surface area contributed by atoms with Gasteiger partial charge in [0.25, 0.3) is 0 Å². The maximum atomic E-state index is 14.0. The van der Waals surface area contributed by atoms with Crippen LogP contribution in [0.4, 0.5) is 4.39 Å². The first-order chi connectivity index (χ1) is 15.3. The Morgan fingerprint density at radius 3 is 2.41 bits per heavy atom. The number of carbonyl (C=O) groups excluding carboxylic acids is 2. The van der Waals surface area contributed by atoms with E-state index in [2.05, 4.69) is 10.0 Å². The van der Waals surface area contributed by atoms with Gasteiger partial charge in [0, 0.05) is 16.4 Å². The zero-order chi connectivity index (χ0) is 22.5. The van der Waals surface area contributed by atoms with Crippen LogP contribution in [0.15, 0.2) is 23.1 Å². The molecule has 0 radical (unpaired) electrons. The molecule has 174 valence electrons. The molecule has 2 amide bonds. The molecule has 5 aliphatic rings. The van der Waals surface area contributed by atoms with Crippen LogP contribution < -0.4 is 15.8 Å². The van der Waals surface area contributed by atoms with E-state index in [0.717, 1.165) is 69.1 Å². The van der Waals surface area contributed by atoms with Crippen LogP contribution in [0, 0.1) is 35.9 Å². The van der Waals surface area contributed by atoms with Crippen LogP contribution in [0.25, 0.3) is 0 Å². The summed E-state index contributed by atoms with van der Waals surface area (Å²) in [5.74, 6) is 0.962. The fraction of sp³-hybridized carbons (Fsp3) is 0.680. The number of primary amides is 1. The number of nitrogens with two attached hydrogens (primary N) is 1. The number of hydrogen-bond acceptors (Lipinski definition) is 4. The van der Waals surface area contributed by atoms with Gasteiger partial charge in [-0.3, -0.25) is 9.59 Å². The Kier molecular flexibility index (Phi) is 5.77. The van der Waals surface area contributed by atoms with Crippen molar-refractivity contribution in [2.75, 3.05) is 0 Å². The summed E-state index contributed by atoms with van der Waals surface area (Å²) in [5.41, 5.74) is 5.46. The van der Waals surface area contributed by atoms with Gasteiger partial charge in [0.15, 0.2) is 0 Å². The lowest BCUT2D eigenvalue weighted by Gasteiger charge is -2.59. The zero-order valence-electron chi connectivity index (χ0n) is 18.8. The third kappa shape index (κ3) is 3.85. The van der Waals surface area contributed by atoms with E-state index < -0.39 is 5.54 Å². The molecule has 5 nitrogen and oxygen atoms in total. The Balaban J connectivity index is 1.31. The molecule has 5 saturated carbocycles. The Hall–Kier alpha value is -1.60. The van der Waals surface area contributed by atoms with Crippen LogP contribution >= 0.6 is 11.9 Å². The van der Waals surface area contributed by atoms with E-state index in [1.807, 2.05) is 6.07 Å². The molecule has 7 heteroatoms. The second-order valence-corrected chi connectivity index (χ2v) is 11.8. The van der Waals surface area contributed by atoms with Crippen molar-refractivity contribution in [3.05, 3.63) is 29.6 Å². The fourth-order valence-electron chi connectivity index (χ4n) is 7.18. The molecule has 0 aliphatic heterocycles. The highest BCUT2D eigenvalue weighted by molar-refractivity contribution is 7.97. The number of halogens is 1. The number of amides is 2. The van der Waals surface area contributed by atoms with E-state index in [9.17, 15) is 14.0 Å². The summed E-state index contributed by atoms with van der Waals surface area (Å²) in [4.78, 5) is 26.7. The van der Waals surface area contributed by atoms with Gasteiger partial charge in [-0.2, -0.15) is 0 Å². The summed E-state index contributed by atoms with van der Waals surface area (Å²) >= 11 is 1.36. The second kappa shape index (κ2) is 8.32. The molecule has 0 saturated heterocycles. The minimum absolute atomic E-state index is 0.0721. The van der Waals surface area contributed by atoms with Crippen LogP contribution in [0.2, 0.25) is 0 Å². The summed E-state index contributed by atoms with van der Waals surface area (Å²) in [6.07, 6.45) is 9.48. The predicted molar refractivity (Wildman–Crippen MR) is 123 cm³/mol. The van der Waals surface area contributed by atoms with Gasteiger partial charge in [0.2, 0.25) is 11.8 Å². The van der Waals surface area contributed by atoms with Gasteiger partial charge in [-0.15, -0.1) is 0 Å². The molecule has 2 unspecified atom stereocenters. The zero-order valence-corrected chi connectivity index (χ0v) is 19.6. The molecule has 0 spiro atoms. The summed E-state index contributed by atoms with van der Waals surface area (Å²) in [6.45, 7) is 1.75. The number of carbonyl (C=O) groups is 2. The highest BCUT2D eigenvalue weighted by Gasteiger charge is 2.58. The van der Waals surface area contributed by atoms with Crippen LogP contribution in [0.3, 0.4) is 0 Å². The van der Waals surface area contributed by atoms with E-state index in [4.69, 9.17) is 5.73 Å². The molecule has 4 bridgehead atoms. The number of nitrogens with one attached hydrogen (secondary N) is 2. The van der Waals surface area contributed by atoms with Crippen molar-refractivity contribution in [3.8, 4) is 0 Å². The quantitative estimate of drug-likeness (QED) is 0.556. The lowest BCUT2D eigenvalue weighted by Crippen LogP contribution is -2.65. The molecule has 0 aromatic heterocycles. The lowest BCUT2D eigenvalue weighted by atomic mass is 9.47. The first kappa shape index (κ1) is 22.2. The Labute approximate surface area is 194 Å². The standard InChI is InChI=1S/C25H34FN3O2S/c1-15-5-6-19(11-20(15)26)32-29-25(7-3-2-4-8-25)23(31)28-21-17-9-16-10-18(21)14-24(12-16,13-17)22(27)30/h5-6,11,16-18,21,29H,2-4,7-10,12-14H2,1H3,(H2,27,30)(H,28,31). The topological polar surface area (TPSA) is 84.2 Å². The van der Waals surface area contributed by atoms with Gasteiger partial charge in [-0.1, -0.05) is 25.3 Å². The predicted octanol–water partition coefficient (Wildman–Crippen LogP) is 4.23. The minimum Gasteiger partial charge on any atom is -0.369 e. The summed E-state index contributed by atoms with van der Waals surface area (Å²) in [6, 6.07) is 5.33. The van der Waals surface area contributed by atoms with Crippen molar-refractivity contribution in [1.82, 2.24) is 10.0 Å². The highest BCUT2D eigenvalue weighted by atomic mass is 32.2. The Bertz CT molecular complexity index is 900. The van der Waals surface area contributed by atoms with Gasteiger partial charge in [-0.25, -0.2) is 9.11 Å². The molecule has 0 heterocycles. The van der Waals surface area contributed by atoms with Crippen molar-refractivity contribution < 1.29 is 14.0 Å². The monoisotopic (exact) mass is 459 g/mol. The second-order valence-electron chi connectivity index (χ2n) is 10.9. The highest BCUT2D eigenvalue weighted by Crippen LogP contribution is 2.60. The average molecular weight is 460 g/mol. The fourth-order valence-corrected chi connectivity index (χ4v) is 8.08. The van der Waals surface area contributed by atoms with Gasteiger partial charge in [0.05, 0.1) is 0 Å². The molecule has 6 rings (SSSR count). The summed E-state index contributed by atoms with van der Waals surface area (Å²) in [7, 11) is 0. The normalized spacial score (nSPS) is 34.9. The van der Waals surface area contributed by atoms with Gasteiger partial charge < -0.3 is 11.1 Å². The maximum Gasteiger partial charge on any atom is 0.241 e. The van der Waals surface area contributed by atoms with Gasteiger partial charge in [0.1, 0.15) is 11.4 Å². The van der Waals surface area contributed by atoms with Crippen LogP contribution in [0.5, 0.6) is 0 Å². The van der Waals surface area contributed by atoms with Crippen molar-refractivity contribution >= 4 is 23.8 Å². The van der Waals surface area contributed by atoms with Crippen LogP contribution in [0.1, 0.15) is 69.8 Å². The number of aryl methyl sites for hydroxylation is 1. The van der Waals surface area contributed by atoms with Gasteiger partial charge in [-0.05, 0) is 99.3 Å². The molecule has 5 fully saturated rings. The van der Waals surface area contributed by atoms with E-state index in [-0.39, 0.29) is 29.1 Å². The van der Waals surface area contributed by atoms with E-state index in [1.54, 1.807) is 13.0 Å². The molecular weight excluding hydrogens is 425 g/mol. The molecule has 5 aliphatic carbocycles. The summed E-state index contributed by atoms with van der Waals surface area (Å²) < 4.78 is 17.5. The number of hydrogen-bond donors (Lipinski definition) is 3. The van der Waals surface area contributed by atoms with E-state index in [1.165, 1.54) is 18.0 Å². The molecule has 4 N–H and O–H groups in total. The first-order valence-electron chi connectivity index (χ1n) is 12.1. The van der Waals surface area contributed by atoms with Gasteiger partial charge >= 0.3 is 0 Å². The van der Waals surface area contributed by atoms with Crippen LogP contribution in [-0.4, -0.2) is 23.4 Å². The minimum atomic E-state index is -0.639. The SMILES string of the molecule is Cc1ccc(SNC2(C(=O)NC3C4CC5CC3CC(C(N)=O)(C5)C4)CCCCC2)cc1F. The maximum absolute atomic E-state index is 14.0. The van der Waals surface area contributed by atoms with Crippen LogP contribution in [-0.2, 0) is 9.59 Å². The summed E-state index contributed by atoms with van der Waals surface area (Å²) in [5, 5.41) is 3.44. The average Bonchev–Trinajstić information content (AvgIpc) is 2.77. The molecule has 1 aromatic rings. The molecule has 1 aromatic carbocycles. The lowest BCUT2D eigenvalue weighted by molar-refractivity contribution is -0.148. The van der Waals surface area contributed by atoms with Crippen molar-refractivity contribution in [2.45, 2.75) is 87.6 Å². The molecule has 32 heavy (non-hydrogen) atoms. The molecule has 2 atom stereocenters. The Morgan fingerprint density at radius 2 is 1.78 bits per heavy atom. The smallest absolute Gasteiger partial charge is 0.241 e. The Morgan fingerprint density at radius 1 is 1.09 bits per heavy atom. The number of benzene rings is 1. The third-order valence-corrected chi connectivity index (χ3v) is 9.73. The molecular formula is C25H34FN3O2S. The number of rotatable bonds is 6. The van der Waals surface area contributed by atoms with Crippen molar-refractivity contribution in [2.24, 2.45) is 28.9 Å². The van der Waals surface area contributed by atoms with Crippen molar-refractivity contribution in [3.63, 3.8) is 0 Å². The van der Waals surface area contributed by atoms with E-state index >= 15 is 0 Å². The first-order valence-corrected chi connectivity index (χ1v) is 12.9. The van der Waals surface area contributed by atoms with Crippen molar-refractivity contribution in [1.29, 1.82) is 0 Å². The third-order valence-electron chi connectivity index (χ3n) is 8.74.